The van der Waals surface area contributed by atoms with Gasteiger partial charge in [-0.2, -0.15) is 0 Å². The zero-order valence-corrected chi connectivity index (χ0v) is 11.4. The molecule has 0 fully saturated rings. The third-order valence-electron chi connectivity index (χ3n) is 1.77. The van der Waals surface area contributed by atoms with Crippen LogP contribution < -0.4 is 0 Å². The number of nitrogens with zero attached hydrogens (tertiary/aromatic N) is 2. The lowest BCUT2D eigenvalue weighted by molar-refractivity contribution is 0.0654. The molecule has 82 valence electrons. The summed E-state index contributed by atoms with van der Waals surface area (Å²) in [6, 6.07) is 5.56. The predicted octanol–water partition coefficient (Wildman–Crippen LogP) is 2.80. The van der Waals surface area contributed by atoms with Crippen molar-refractivity contribution in [3.63, 3.8) is 0 Å². The van der Waals surface area contributed by atoms with E-state index in [1.165, 1.54) is 0 Å². The molecule has 2 aromatic rings. The predicted molar refractivity (Wildman–Crippen MR) is 67.1 cm³/mol. The van der Waals surface area contributed by atoms with E-state index < -0.39 is 11.9 Å². The van der Waals surface area contributed by atoms with Crippen LogP contribution in [0.15, 0.2) is 27.1 Å². The monoisotopic (exact) mass is 394 g/mol. The van der Waals surface area contributed by atoms with Crippen molar-refractivity contribution in [2.75, 3.05) is 0 Å². The van der Waals surface area contributed by atoms with E-state index in [-0.39, 0.29) is 5.89 Å². The second kappa shape index (κ2) is 4.50. The van der Waals surface area contributed by atoms with E-state index in [0.29, 0.717) is 5.56 Å². The van der Waals surface area contributed by atoms with Crippen LogP contribution in [-0.4, -0.2) is 21.3 Å². The van der Waals surface area contributed by atoms with Crippen LogP contribution in [0.1, 0.15) is 10.7 Å². The van der Waals surface area contributed by atoms with Gasteiger partial charge in [-0.1, -0.05) is 0 Å². The number of aromatic carboxylic acids is 1. The van der Waals surface area contributed by atoms with Crippen molar-refractivity contribution in [2.45, 2.75) is 0 Å². The fraction of sp³-hybridized carbons (Fsp3) is 0. The molecule has 1 aromatic heterocycles. The molecular weight excluding hydrogens is 391 g/mol. The summed E-state index contributed by atoms with van der Waals surface area (Å²) in [6.07, 6.45) is 0. The van der Waals surface area contributed by atoms with Crippen molar-refractivity contribution in [2.24, 2.45) is 0 Å². The van der Waals surface area contributed by atoms with Crippen LogP contribution in [0.3, 0.4) is 0 Å². The number of carboxylic acid groups (broad SMARTS) is 1. The topological polar surface area (TPSA) is 76.2 Å². The largest absolute Gasteiger partial charge is 0.474 e. The summed E-state index contributed by atoms with van der Waals surface area (Å²) in [7, 11) is 0. The molecule has 5 nitrogen and oxygen atoms in total. The van der Waals surface area contributed by atoms with Crippen LogP contribution in [0.2, 0.25) is 0 Å². The van der Waals surface area contributed by atoms with Crippen molar-refractivity contribution in [3.05, 3.63) is 32.1 Å². The first-order chi connectivity index (χ1) is 7.58. The minimum absolute atomic E-state index is 0.183. The Balaban J connectivity index is 2.50. The fourth-order valence-corrected chi connectivity index (χ4v) is 1.99. The van der Waals surface area contributed by atoms with Gasteiger partial charge in [-0.25, -0.2) is 4.79 Å². The quantitative estimate of drug-likeness (QED) is 0.792. The van der Waals surface area contributed by atoms with Gasteiger partial charge in [0.1, 0.15) is 0 Å². The van der Waals surface area contributed by atoms with Gasteiger partial charge in [0, 0.05) is 8.04 Å². The van der Waals surface area contributed by atoms with E-state index in [1.54, 1.807) is 0 Å². The van der Waals surface area contributed by atoms with E-state index in [1.807, 2.05) is 18.2 Å². The first kappa shape index (κ1) is 11.5. The SMILES string of the molecule is O=C(O)c1nnc(-c2cc(I)ccc2Br)o1. The molecule has 0 saturated carbocycles. The van der Waals surface area contributed by atoms with E-state index in [4.69, 9.17) is 9.52 Å². The van der Waals surface area contributed by atoms with Gasteiger partial charge < -0.3 is 9.52 Å². The Hall–Kier alpha value is -0.960. The molecule has 7 heteroatoms. The number of halogens is 2. The minimum Gasteiger partial charge on any atom is -0.474 e. The molecule has 0 radical (unpaired) electrons. The number of hydrogen-bond acceptors (Lipinski definition) is 4. The first-order valence-electron chi connectivity index (χ1n) is 4.10. The third kappa shape index (κ3) is 2.24. The minimum atomic E-state index is -1.24. The highest BCUT2D eigenvalue weighted by Crippen LogP contribution is 2.28. The van der Waals surface area contributed by atoms with Gasteiger partial charge in [0.25, 0.3) is 0 Å². The highest BCUT2D eigenvalue weighted by molar-refractivity contribution is 14.1. The maximum Gasteiger partial charge on any atom is 0.393 e. The van der Waals surface area contributed by atoms with Gasteiger partial charge in [-0.05, 0) is 56.7 Å². The van der Waals surface area contributed by atoms with Crippen LogP contribution in [0.5, 0.6) is 0 Å². The van der Waals surface area contributed by atoms with Gasteiger partial charge in [-0.3, -0.25) is 0 Å². The van der Waals surface area contributed by atoms with Crippen LogP contribution in [-0.2, 0) is 0 Å². The smallest absolute Gasteiger partial charge is 0.393 e. The Bertz CT molecular complexity index is 555. The molecule has 0 saturated heterocycles. The average molecular weight is 395 g/mol. The van der Waals surface area contributed by atoms with Crippen LogP contribution in [0, 0.1) is 3.57 Å². The summed E-state index contributed by atoms with van der Waals surface area (Å²) in [6.45, 7) is 0. The average Bonchev–Trinajstić information content (AvgIpc) is 2.70. The van der Waals surface area contributed by atoms with Crippen molar-refractivity contribution in [1.82, 2.24) is 10.2 Å². The van der Waals surface area contributed by atoms with E-state index in [2.05, 4.69) is 48.7 Å². The zero-order valence-electron chi connectivity index (χ0n) is 7.65. The molecule has 0 aliphatic carbocycles. The highest BCUT2D eigenvalue weighted by Gasteiger charge is 2.16. The molecule has 0 aliphatic heterocycles. The van der Waals surface area contributed by atoms with E-state index in [9.17, 15) is 4.79 Å². The van der Waals surface area contributed by atoms with Gasteiger partial charge in [-0.15, -0.1) is 10.2 Å². The molecule has 1 aromatic carbocycles. The van der Waals surface area contributed by atoms with Crippen LogP contribution in [0.4, 0.5) is 0 Å². The molecule has 16 heavy (non-hydrogen) atoms. The van der Waals surface area contributed by atoms with Crippen molar-refractivity contribution in [3.8, 4) is 11.5 Å². The molecule has 1 N–H and O–H groups in total. The molecular formula is C9H4BrIN2O3. The van der Waals surface area contributed by atoms with Crippen molar-refractivity contribution >= 4 is 44.5 Å². The van der Waals surface area contributed by atoms with E-state index in [0.717, 1.165) is 8.04 Å². The summed E-state index contributed by atoms with van der Waals surface area (Å²) < 4.78 is 6.78. The summed E-state index contributed by atoms with van der Waals surface area (Å²) in [5.41, 5.74) is 0.673. The molecule has 0 atom stereocenters. The number of hydrogen-bond donors (Lipinski definition) is 1. The second-order valence-electron chi connectivity index (χ2n) is 2.84. The van der Waals surface area contributed by atoms with Gasteiger partial charge in [0.2, 0.25) is 5.89 Å². The number of carbonyl (C=O) groups is 1. The Labute approximate surface area is 112 Å². The first-order valence-corrected chi connectivity index (χ1v) is 5.97. The summed E-state index contributed by atoms with van der Waals surface area (Å²) >= 11 is 5.48. The van der Waals surface area contributed by atoms with Crippen molar-refractivity contribution < 1.29 is 14.3 Å². The van der Waals surface area contributed by atoms with Gasteiger partial charge in [0.15, 0.2) is 0 Å². The maximum atomic E-state index is 10.6. The lowest BCUT2D eigenvalue weighted by Crippen LogP contribution is -1.95. The van der Waals surface area contributed by atoms with Crippen LogP contribution >= 0.6 is 38.5 Å². The normalized spacial score (nSPS) is 10.4. The van der Waals surface area contributed by atoms with Crippen LogP contribution in [0.25, 0.3) is 11.5 Å². The number of benzene rings is 1. The zero-order chi connectivity index (χ0) is 11.7. The molecule has 0 bridgehead atoms. The molecule has 0 spiro atoms. The summed E-state index contributed by atoms with van der Waals surface area (Å²) in [4.78, 5) is 10.6. The fourth-order valence-electron chi connectivity index (χ4n) is 1.08. The highest BCUT2D eigenvalue weighted by atomic mass is 127. The number of rotatable bonds is 2. The maximum absolute atomic E-state index is 10.6. The number of aromatic nitrogens is 2. The standard InChI is InChI=1S/C9H4BrIN2O3/c10-6-2-1-4(11)3-5(6)7-12-13-8(16-7)9(14)15/h1-3H,(H,14,15). The molecule has 1 heterocycles. The van der Waals surface area contributed by atoms with Gasteiger partial charge in [0.05, 0.1) is 5.56 Å². The summed E-state index contributed by atoms with van der Waals surface area (Å²) in [5.74, 6) is -1.47. The number of carboxylic acids is 1. The lowest BCUT2D eigenvalue weighted by atomic mass is 10.2. The molecule has 2 rings (SSSR count). The second-order valence-corrected chi connectivity index (χ2v) is 4.94. The van der Waals surface area contributed by atoms with Gasteiger partial charge >= 0.3 is 11.9 Å². The Morgan fingerprint density at radius 2 is 2.19 bits per heavy atom. The molecule has 0 amide bonds. The van der Waals surface area contributed by atoms with E-state index >= 15 is 0 Å². The lowest BCUT2D eigenvalue weighted by Gasteiger charge is -1.99. The Morgan fingerprint density at radius 1 is 1.44 bits per heavy atom. The third-order valence-corrected chi connectivity index (χ3v) is 3.13. The van der Waals surface area contributed by atoms with Crippen molar-refractivity contribution in [1.29, 1.82) is 0 Å². The Morgan fingerprint density at radius 3 is 2.81 bits per heavy atom. The summed E-state index contributed by atoms with van der Waals surface area (Å²) in [5, 5.41) is 15.8. The molecule has 0 aliphatic rings. The Kier molecular flexibility index (Phi) is 3.24. The molecule has 0 unspecified atom stereocenters.